The molecule has 0 saturated heterocycles. The van der Waals surface area contributed by atoms with E-state index in [1.807, 2.05) is 30.3 Å². The molecule has 0 spiro atoms. The Labute approximate surface area is 150 Å². The Morgan fingerprint density at radius 1 is 0.923 bits per heavy atom. The lowest BCUT2D eigenvalue weighted by Gasteiger charge is -2.12. The van der Waals surface area contributed by atoms with Crippen LogP contribution in [0.2, 0.25) is 0 Å². The van der Waals surface area contributed by atoms with Gasteiger partial charge in [0.25, 0.3) is 0 Å². The number of benzene rings is 2. The monoisotopic (exact) mass is 356 g/mol. The first-order valence-corrected chi connectivity index (χ1v) is 8.05. The van der Waals surface area contributed by atoms with Gasteiger partial charge in [-0.25, -0.2) is 9.59 Å². The van der Waals surface area contributed by atoms with Gasteiger partial charge in [-0.1, -0.05) is 36.4 Å². The number of aromatic carboxylic acids is 2. The summed E-state index contributed by atoms with van der Waals surface area (Å²) in [6.45, 7) is 0.271. The van der Waals surface area contributed by atoms with Crippen molar-refractivity contribution in [2.45, 2.75) is 18.9 Å². The second kappa shape index (κ2) is 8.77. The third kappa shape index (κ3) is 5.15. The molecule has 0 aromatic heterocycles. The fraction of sp³-hybridized carbons (Fsp3) is 0.211. The van der Waals surface area contributed by atoms with Crippen molar-refractivity contribution in [3.8, 4) is 0 Å². The summed E-state index contributed by atoms with van der Waals surface area (Å²) in [7, 11) is 0. The lowest BCUT2D eigenvalue weighted by atomic mass is 10.0. The number of hydrogen-bond acceptors (Lipinski definition) is 4. The molecule has 1 amide bonds. The molecular formula is C19H20N2O5. The highest BCUT2D eigenvalue weighted by molar-refractivity contribution is 6.01. The lowest BCUT2D eigenvalue weighted by molar-refractivity contribution is -0.122. The van der Waals surface area contributed by atoms with E-state index in [-0.39, 0.29) is 23.6 Å². The molecule has 5 N–H and O–H groups in total. The molecule has 1 unspecified atom stereocenters. The lowest BCUT2D eigenvalue weighted by Crippen LogP contribution is -2.42. The molecule has 0 aliphatic heterocycles. The Morgan fingerprint density at radius 2 is 1.58 bits per heavy atom. The molecule has 0 radical (unpaired) electrons. The molecule has 136 valence electrons. The number of carboxylic acids is 2. The van der Waals surface area contributed by atoms with E-state index in [1.165, 1.54) is 18.2 Å². The molecule has 1 atom stereocenters. The molecule has 7 heteroatoms. The quantitative estimate of drug-likeness (QED) is 0.564. The zero-order valence-corrected chi connectivity index (χ0v) is 14.0. The van der Waals surface area contributed by atoms with Crippen LogP contribution in [-0.2, 0) is 17.6 Å². The summed E-state index contributed by atoms with van der Waals surface area (Å²) < 4.78 is 0. The van der Waals surface area contributed by atoms with E-state index >= 15 is 0 Å². The standard InChI is InChI=1S/C19H20N2O5/c20-16(11-12-4-2-1-3-5-12)17(22)21-9-8-13-6-7-14(18(23)24)15(10-13)19(25)26/h1-7,10,16H,8-9,11,20H2,(H,21,22)(H,23,24)(H,25,26). The van der Waals surface area contributed by atoms with Gasteiger partial charge in [0.15, 0.2) is 0 Å². The minimum absolute atomic E-state index is 0.268. The first-order chi connectivity index (χ1) is 12.4. The van der Waals surface area contributed by atoms with Crippen LogP contribution in [-0.4, -0.2) is 40.6 Å². The molecule has 0 bridgehead atoms. The maximum Gasteiger partial charge on any atom is 0.336 e. The Kier molecular flexibility index (Phi) is 6.46. The summed E-state index contributed by atoms with van der Waals surface area (Å²) >= 11 is 0. The van der Waals surface area contributed by atoms with Gasteiger partial charge in [-0.3, -0.25) is 4.79 Å². The van der Waals surface area contributed by atoms with Crippen LogP contribution in [0.15, 0.2) is 48.5 Å². The summed E-state index contributed by atoms with van der Waals surface area (Å²) in [6.07, 6.45) is 0.785. The highest BCUT2D eigenvalue weighted by Crippen LogP contribution is 2.13. The van der Waals surface area contributed by atoms with Crippen LogP contribution in [0.5, 0.6) is 0 Å². The van der Waals surface area contributed by atoms with Gasteiger partial charge >= 0.3 is 11.9 Å². The van der Waals surface area contributed by atoms with E-state index in [0.717, 1.165) is 5.56 Å². The van der Waals surface area contributed by atoms with Gasteiger partial charge in [-0.2, -0.15) is 0 Å². The van der Waals surface area contributed by atoms with Gasteiger partial charge in [-0.15, -0.1) is 0 Å². The van der Waals surface area contributed by atoms with E-state index in [0.29, 0.717) is 18.4 Å². The van der Waals surface area contributed by atoms with E-state index in [4.69, 9.17) is 15.9 Å². The van der Waals surface area contributed by atoms with E-state index in [9.17, 15) is 14.4 Å². The van der Waals surface area contributed by atoms with Crippen molar-refractivity contribution in [2.24, 2.45) is 5.73 Å². The first-order valence-electron chi connectivity index (χ1n) is 8.05. The zero-order valence-electron chi connectivity index (χ0n) is 14.0. The number of carbonyl (C=O) groups is 3. The average Bonchev–Trinajstić information content (AvgIpc) is 2.62. The van der Waals surface area contributed by atoms with Crippen LogP contribution >= 0.6 is 0 Å². The van der Waals surface area contributed by atoms with E-state index in [1.54, 1.807) is 0 Å². The van der Waals surface area contributed by atoms with Crippen LogP contribution < -0.4 is 11.1 Å². The van der Waals surface area contributed by atoms with Gasteiger partial charge in [0.1, 0.15) is 0 Å². The largest absolute Gasteiger partial charge is 0.478 e. The summed E-state index contributed by atoms with van der Waals surface area (Å²) in [4.78, 5) is 34.3. The molecular weight excluding hydrogens is 336 g/mol. The van der Waals surface area contributed by atoms with Crippen molar-refractivity contribution >= 4 is 17.8 Å². The van der Waals surface area contributed by atoms with Crippen LogP contribution in [0.3, 0.4) is 0 Å². The molecule has 26 heavy (non-hydrogen) atoms. The number of nitrogens with two attached hydrogens (primary N) is 1. The summed E-state index contributed by atoms with van der Waals surface area (Å²) in [5.74, 6) is -2.90. The smallest absolute Gasteiger partial charge is 0.336 e. The molecule has 0 heterocycles. The zero-order chi connectivity index (χ0) is 19.1. The Bertz CT molecular complexity index is 805. The Hall–Kier alpha value is -3.19. The molecule has 2 aromatic carbocycles. The number of amides is 1. The average molecular weight is 356 g/mol. The molecule has 7 nitrogen and oxygen atoms in total. The summed E-state index contributed by atoms with van der Waals surface area (Å²) in [5, 5.41) is 20.8. The maximum absolute atomic E-state index is 12.0. The second-order valence-corrected chi connectivity index (χ2v) is 5.83. The number of carbonyl (C=O) groups excluding carboxylic acids is 1. The minimum Gasteiger partial charge on any atom is -0.478 e. The van der Waals surface area contributed by atoms with Gasteiger partial charge in [-0.05, 0) is 36.1 Å². The highest BCUT2D eigenvalue weighted by Gasteiger charge is 2.17. The SMILES string of the molecule is NC(Cc1ccccc1)C(=O)NCCc1ccc(C(=O)O)c(C(=O)O)c1. The van der Waals surface area contributed by atoms with Gasteiger partial charge in [0, 0.05) is 6.54 Å². The molecule has 0 fully saturated rings. The van der Waals surface area contributed by atoms with Crippen molar-refractivity contribution < 1.29 is 24.6 Å². The molecule has 0 aliphatic rings. The van der Waals surface area contributed by atoms with E-state index in [2.05, 4.69) is 5.32 Å². The van der Waals surface area contributed by atoms with Crippen molar-refractivity contribution in [1.29, 1.82) is 0 Å². The fourth-order valence-corrected chi connectivity index (χ4v) is 2.53. The molecule has 2 rings (SSSR count). The third-order valence-electron chi connectivity index (χ3n) is 3.89. The van der Waals surface area contributed by atoms with Crippen LogP contribution in [0.25, 0.3) is 0 Å². The van der Waals surface area contributed by atoms with Gasteiger partial charge < -0.3 is 21.3 Å². The number of rotatable bonds is 8. The summed E-state index contributed by atoms with van der Waals surface area (Å²) in [6, 6.07) is 12.8. The topological polar surface area (TPSA) is 130 Å². The molecule has 2 aromatic rings. The molecule has 0 saturated carbocycles. The second-order valence-electron chi connectivity index (χ2n) is 5.83. The Morgan fingerprint density at radius 3 is 2.19 bits per heavy atom. The van der Waals surface area contributed by atoms with Crippen LogP contribution in [0, 0.1) is 0 Å². The number of hydrogen-bond donors (Lipinski definition) is 4. The normalized spacial score (nSPS) is 11.6. The van der Waals surface area contributed by atoms with Gasteiger partial charge in [0.05, 0.1) is 17.2 Å². The van der Waals surface area contributed by atoms with Crippen molar-refractivity contribution in [3.63, 3.8) is 0 Å². The number of carboxylic acid groups (broad SMARTS) is 2. The first kappa shape index (κ1) is 19.1. The van der Waals surface area contributed by atoms with Crippen molar-refractivity contribution in [2.75, 3.05) is 6.54 Å². The number of nitrogens with one attached hydrogen (secondary N) is 1. The maximum atomic E-state index is 12.0. The highest BCUT2D eigenvalue weighted by atomic mass is 16.4. The van der Waals surface area contributed by atoms with Crippen LogP contribution in [0.4, 0.5) is 0 Å². The predicted octanol–water partition coefficient (Wildman–Crippen LogP) is 1.31. The predicted molar refractivity (Wildman–Crippen MR) is 95.2 cm³/mol. The summed E-state index contributed by atoms with van der Waals surface area (Å²) in [5.41, 5.74) is 6.93. The fourth-order valence-electron chi connectivity index (χ4n) is 2.53. The van der Waals surface area contributed by atoms with Crippen LogP contribution in [0.1, 0.15) is 31.8 Å². The van der Waals surface area contributed by atoms with Gasteiger partial charge in [0.2, 0.25) is 5.91 Å². The van der Waals surface area contributed by atoms with Crippen molar-refractivity contribution in [3.05, 3.63) is 70.8 Å². The van der Waals surface area contributed by atoms with Crippen molar-refractivity contribution in [1.82, 2.24) is 5.32 Å². The molecule has 0 aliphatic carbocycles. The van der Waals surface area contributed by atoms with E-state index < -0.39 is 18.0 Å². The third-order valence-corrected chi connectivity index (χ3v) is 3.89. The minimum atomic E-state index is -1.31. The Balaban J connectivity index is 1.90.